The Morgan fingerprint density at radius 3 is 2.64 bits per heavy atom. The van der Waals surface area contributed by atoms with Gasteiger partial charge >= 0.3 is 0 Å². The maximum Gasteiger partial charge on any atom is 0.0280 e. The molecule has 1 aliphatic rings. The molecular formula is C9H20N2. The molecule has 1 saturated heterocycles. The molecule has 0 aromatic rings. The minimum absolute atomic E-state index is 0.0191. The van der Waals surface area contributed by atoms with Gasteiger partial charge in [-0.3, -0.25) is 0 Å². The van der Waals surface area contributed by atoms with Crippen LogP contribution in [0.5, 0.6) is 0 Å². The van der Waals surface area contributed by atoms with E-state index in [4.69, 9.17) is 5.73 Å². The molecule has 0 aromatic carbocycles. The number of likely N-dealkylation sites (tertiary alicyclic amines) is 1. The van der Waals surface area contributed by atoms with E-state index in [0.29, 0.717) is 6.04 Å². The van der Waals surface area contributed by atoms with Crippen LogP contribution in [0.25, 0.3) is 0 Å². The predicted molar refractivity (Wildman–Crippen MR) is 48.5 cm³/mol. The third-order valence-corrected chi connectivity index (χ3v) is 3.04. The molecule has 0 aromatic heterocycles. The van der Waals surface area contributed by atoms with Crippen LogP contribution in [0.4, 0.5) is 0 Å². The van der Waals surface area contributed by atoms with Gasteiger partial charge in [0.2, 0.25) is 0 Å². The summed E-state index contributed by atoms with van der Waals surface area (Å²) < 4.78 is 0. The molecule has 2 nitrogen and oxygen atoms in total. The van der Waals surface area contributed by atoms with E-state index in [1.807, 2.05) is 0 Å². The Morgan fingerprint density at radius 1 is 1.64 bits per heavy atom. The average molecular weight is 156 g/mol. The van der Waals surface area contributed by atoms with E-state index in [-0.39, 0.29) is 5.54 Å². The van der Waals surface area contributed by atoms with E-state index in [9.17, 15) is 0 Å². The van der Waals surface area contributed by atoms with E-state index in [1.165, 1.54) is 19.4 Å². The molecule has 11 heavy (non-hydrogen) atoms. The third-order valence-electron chi connectivity index (χ3n) is 3.04. The van der Waals surface area contributed by atoms with Gasteiger partial charge in [0.25, 0.3) is 0 Å². The number of likely N-dealkylation sites (N-methyl/N-ethyl adjacent to an activating group) is 1. The second-order valence-electron chi connectivity index (χ2n) is 4.00. The van der Waals surface area contributed by atoms with Crippen molar-refractivity contribution in [1.29, 1.82) is 0 Å². The van der Waals surface area contributed by atoms with Gasteiger partial charge in [-0.2, -0.15) is 0 Å². The first kappa shape index (κ1) is 9.01. The molecule has 1 rings (SSSR count). The fourth-order valence-electron chi connectivity index (χ4n) is 1.98. The van der Waals surface area contributed by atoms with E-state index < -0.39 is 0 Å². The molecule has 66 valence electrons. The summed E-state index contributed by atoms with van der Waals surface area (Å²) in [5.74, 6) is 0. The molecule has 0 amide bonds. The highest BCUT2D eigenvalue weighted by atomic mass is 15.2. The number of nitrogens with zero attached hydrogens (tertiary/aromatic N) is 1. The summed E-state index contributed by atoms with van der Waals surface area (Å²) in [5.41, 5.74) is 6.19. The van der Waals surface area contributed by atoms with Gasteiger partial charge in [-0.1, -0.05) is 6.92 Å². The summed E-state index contributed by atoms with van der Waals surface area (Å²) in [5, 5.41) is 0. The van der Waals surface area contributed by atoms with Crippen molar-refractivity contribution >= 4 is 0 Å². The summed E-state index contributed by atoms with van der Waals surface area (Å²) in [6.07, 6.45) is 3.66. The molecule has 2 N–H and O–H groups in total. The highest BCUT2D eigenvalue weighted by Crippen LogP contribution is 2.25. The van der Waals surface area contributed by atoms with Gasteiger partial charge in [0.1, 0.15) is 0 Å². The van der Waals surface area contributed by atoms with Crippen molar-refractivity contribution in [2.45, 2.75) is 44.7 Å². The van der Waals surface area contributed by atoms with Crippen molar-refractivity contribution in [3.63, 3.8) is 0 Å². The van der Waals surface area contributed by atoms with E-state index >= 15 is 0 Å². The summed E-state index contributed by atoms with van der Waals surface area (Å²) in [6, 6.07) is 0.604. The molecule has 1 aliphatic heterocycles. The van der Waals surface area contributed by atoms with Crippen LogP contribution < -0.4 is 5.73 Å². The molecule has 0 bridgehead atoms. The first-order chi connectivity index (χ1) is 5.08. The lowest BCUT2D eigenvalue weighted by Crippen LogP contribution is -2.52. The van der Waals surface area contributed by atoms with Crippen molar-refractivity contribution in [1.82, 2.24) is 4.90 Å². The summed E-state index contributed by atoms with van der Waals surface area (Å²) in [7, 11) is 2.18. The maximum absolute atomic E-state index is 6.17. The fraction of sp³-hybridized carbons (Fsp3) is 1.00. The molecule has 0 spiro atoms. The molecule has 2 atom stereocenters. The first-order valence-corrected chi connectivity index (χ1v) is 4.57. The third kappa shape index (κ3) is 1.74. The van der Waals surface area contributed by atoms with Gasteiger partial charge in [-0.05, 0) is 39.8 Å². The number of rotatable bonds is 2. The Hall–Kier alpha value is -0.0800. The van der Waals surface area contributed by atoms with Crippen LogP contribution in [0.15, 0.2) is 0 Å². The Bertz CT molecular complexity index is 132. The minimum Gasteiger partial charge on any atom is -0.324 e. The smallest absolute Gasteiger partial charge is 0.0280 e. The van der Waals surface area contributed by atoms with Gasteiger partial charge in [-0.25, -0.2) is 0 Å². The topological polar surface area (TPSA) is 29.3 Å². The number of hydrogen-bond donors (Lipinski definition) is 1. The van der Waals surface area contributed by atoms with Gasteiger partial charge in [0, 0.05) is 11.6 Å². The zero-order valence-electron chi connectivity index (χ0n) is 7.93. The lowest BCUT2D eigenvalue weighted by atomic mass is 9.89. The molecule has 1 fully saturated rings. The molecule has 1 heterocycles. The van der Waals surface area contributed by atoms with Crippen LogP contribution in [0.2, 0.25) is 0 Å². The first-order valence-electron chi connectivity index (χ1n) is 4.57. The zero-order chi connectivity index (χ0) is 8.48. The van der Waals surface area contributed by atoms with Crippen molar-refractivity contribution in [3.8, 4) is 0 Å². The molecule has 2 heteroatoms. The zero-order valence-corrected chi connectivity index (χ0v) is 7.93. The van der Waals surface area contributed by atoms with Crippen LogP contribution >= 0.6 is 0 Å². The monoisotopic (exact) mass is 156 g/mol. The fourth-order valence-corrected chi connectivity index (χ4v) is 1.98. The molecule has 0 aliphatic carbocycles. The molecule has 0 radical (unpaired) electrons. The van der Waals surface area contributed by atoms with Crippen LogP contribution in [0.1, 0.15) is 33.1 Å². The van der Waals surface area contributed by atoms with Crippen molar-refractivity contribution in [2.75, 3.05) is 13.6 Å². The van der Waals surface area contributed by atoms with E-state index in [0.717, 1.165) is 6.42 Å². The Morgan fingerprint density at radius 2 is 2.27 bits per heavy atom. The second kappa shape index (κ2) is 3.11. The SMILES string of the molecule is CCC(C)(N)C1CCCN1C. The summed E-state index contributed by atoms with van der Waals surface area (Å²) in [6.45, 7) is 5.56. The normalized spacial score (nSPS) is 32.2. The van der Waals surface area contributed by atoms with Gasteiger partial charge < -0.3 is 10.6 Å². The average Bonchev–Trinajstić information content (AvgIpc) is 2.36. The number of hydrogen-bond acceptors (Lipinski definition) is 2. The minimum atomic E-state index is 0.0191. The number of nitrogens with two attached hydrogens (primary N) is 1. The quantitative estimate of drug-likeness (QED) is 0.651. The lowest BCUT2D eigenvalue weighted by Gasteiger charge is -2.35. The maximum atomic E-state index is 6.17. The van der Waals surface area contributed by atoms with Gasteiger partial charge in [-0.15, -0.1) is 0 Å². The Labute approximate surface area is 69.8 Å². The summed E-state index contributed by atoms with van der Waals surface area (Å²) in [4.78, 5) is 2.39. The second-order valence-corrected chi connectivity index (χ2v) is 4.00. The van der Waals surface area contributed by atoms with Crippen molar-refractivity contribution in [2.24, 2.45) is 5.73 Å². The van der Waals surface area contributed by atoms with Gasteiger partial charge in [0.05, 0.1) is 0 Å². The van der Waals surface area contributed by atoms with Gasteiger partial charge in [0.15, 0.2) is 0 Å². The van der Waals surface area contributed by atoms with Crippen molar-refractivity contribution in [3.05, 3.63) is 0 Å². The lowest BCUT2D eigenvalue weighted by molar-refractivity contribution is 0.201. The van der Waals surface area contributed by atoms with E-state index in [2.05, 4.69) is 25.8 Å². The predicted octanol–water partition coefficient (Wildman–Crippen LogP) is 1.21. The Kier molecular flexibility index (Phi) is 2.55. The molecule has 2 unspecified atom stereocenters. The van der Waals surface area contributed by atoms with Crippen molar-refractivity contribution < 1.29 is 0 Å². The highest BCUT2D eigenvalue weighted by molar-refractivity contribution is 4.94. The van der Waals surface area contributed by atoms with Crippen LogP contribution in [-0.2, 0) is 0 Å². The largest absolute Gasteiger partial charge is 0.324 e. The Balaban J connectivity index is 2.58. The molecule has 0 saturated carbocycles. The molecular weight excluding hydrogens is 136 g/mol. The van der Waals surface area contributed by atoms with Crippen LogP contribution in [0, 0.1) is 0 Å². The highest BCUT2D eigenvalue weighted by Gasteiger charge is 2.34. The standard InChI is InChI=1S/C9H20N2/c1-4-9(2,10)8-6-5-7-11(8)3/h8H,4-7,10H2,1-3H3. The van der Waals surface area contributed by atoms with Crippen LogP contribution in [-0.4, -0.2) is 30.1 Å². The summed E-state index contributed by atoms with van der Waals surface area (Å²) >= 11 is 0. The van der Waals surface area contributed by atoms with Crippen LogP contribution in [0.3, 0.4) is 0 Å². The van der Waals surface area contributed by atoms with E-state index in [1.54, 1.807) is 0 Å².